The second-order valence-corrected chi connectivity index (χ2v) is 4.58. The number of carbonyl (C=O) groups is 1. The zero-order valence-corrected chi connectivity index (χ0v) is 10.3. The minimum atomic E-state index is -0.824. The minimum absolute atomic E-state index is 0.0120. The maximum atomic E-state index is 10.9. The number of carboxylic acids is 1. The lowest BCUT2D eigenvalue weighted by atomic mass is 10.1. The summed E-state index contributed by atoms with van der Waals surface area (Å²) in [7, 11) is 0. The molecule has 17 heavy (non-hydrogen) atoms. The molecule has 0 radical (unpaired) electrons. The van der Waals surface area contributed by atoms with E-state index in [1.165, 1.54) is 0 Å². The average molecular weight is 232 g/mol. The molecule has 2 aromatic rings. The Labute approximate surface area is 99.9 Å². The van der Waals surface area contributed by atoms with Crippen LogP contribution in [-0.4, -0.2) is 20.9 Å². The molecule has 0 unspecified atom stereocenters. The van der Waals surface area contributed by atoms with Crippen LogP contribution in [0.1, 0.15) is 31.1 Å². The van der Waals surface area contributed by atoms with Gasteiger partial charge in [-0.1, -0.05) is 11.6 Å². The van der Waals surface area contributed by atoms with Gasteiger partial charge < -0.3 is 5.11 Å². The zero-order chi connectivity index (χ0) is 12.6. The summed E-state index contributed by atoms with van der Waals surface area (Å²) in [6.07, 6.45) is 0.0120. The summed E-state index contributed by atoms with van der Waals surface area (Å²) in [4.78, 5) is 10.9. The number of aromatic nitrogens is 2. The smallest absolute Gasteiger partial charge is 0.309 e. The molecule has 0 amide bonds. The molecule has 1 aromatic heterocycles. The maximum absolute atomic E-state index is 10.9. The van der Waals surface area contributed by atoms with Crippen LogP contribution < -0.4 is 0 Å². The Hall–Kier alpha value is -1.84. The zero-order valence-electron chi connectivity index (χ0n) is 10.3. The summed E-state index contributed by atoms with van der Waals surface area (Å²) in [6.45, 7) is 6.00. The fraction of sp³-hybridized carbons (Fsp3) is 0.385. The predicted molar refractivity (Wildman–Crippen MR) is 66.2 cm³/mol. The number of benzene rings is 1. The molecule has 1 heterocycles. The number of aliphatic carboxylic acids is 1. The van der Waals surface area contributed by atoms with E-state index in [4.69, 9.17) is 5.11 Å². The molecule has 0 aliphatic carbocycles. The molecule has 4 nitrogen and oxygen atoms in total. The van der Waals surface area contributed by atoms with Crippen molar-refractivity contribution in [3.63, 3.8) is 0 Å². The Morgan fingerprint density at radius 3 is 2.76 bits per heavy atom. The molecule has 0 spiro atoms. The summed E-state index contributed by atoms with van der Waals surface area (Å²) in [6, 6.07) is 6.09. The van der Waals surface area contributed by atoms with Gasteiger partial charge in [0, 0.05) is 11.4 Å². The lowest BCUT2D eigenvalue weighted by molar-refractivity contribution is -0.136. The number of rotatable bonds is 3. The van der Waals surface area contributed by atoms with Crippen molar-refractivity contribution in [1.29, 1.82) is 0 Å². The lowest BCUT2D eigenvalue weighted by Crippen LogP contribution is -2.11. The summed E-state index contributed by atoms with van der Waals surface area (Å²) >= 11 is 0. The number of nitrogens with zero attached hydrogens (tertiary/aromatic N) is 2. The Morgan fingerprint density at radius 2 is 2.18 bits per heavy atom. The molecule has 1 N–H and O–H groups in total. The van der Waals surface area contributed by atoms with Crippen LogP contribution in [0, 0.1) is 6.92 Å². The van der Waals surface area contributed by atoms with Crippen LogP contribution in [0.3, 0.4) is 0 Å². The van der Waals surface area contributed by atoms with Gasteiger partial charge in [0.05, 0.1) is 17.6 Å². The van der Waals surface area contributed by atoms with Gasteiger partial charge in [0.25, 0.3) is 0 Å². The Morgan fingerprint density at radius 1 is 1.47 bits per heavy atom. The first-order valence-corrected chi connectivity index (χ1v) is 5.68. The summed E-state index contributed by atoms with van der Waals surface area (Å²) < 4.78 is 1.80. The van der Waals surface area contributed by atoms with Crippen LogP contribution in [-0.2, 0) is 11.2 Å². The first-order chi connectivity index (χ1) is 7.99. The maximum Gasteiger partial charge on any atom is 0.309 e. The summed E-state index contributed by atoms with van der Waals surface area (Å²) in [5.41, 5.74) is 2.76. The quantitative estimate of drug-likeness (QED) is 0.884. The van der Waals surface area contributed by atoms with Crippen molar-refractivity contribution in [2.45, 2.75) is 33.2 Å². The van der Waals surface area contributed by atoms with E-state index in [-0.39, 0.29) is 12.5 Å². The molecule has 2 rings (SSSR count). The number of aryl methyl sites for hydroxylation is 1. The third kappa shape index (κ3) is 2.16. The molecule has 4 heteroatoms. The summed E-state index contributed by atoms with van der Waals surface area (Å²) in [5.74, 6) is -0.824. The number of hydrogen-bond donors (Lipinski definition) is 1. The molecule has 1 aromatic carbocycles. The predicted octanol–water partition coefficient (Wildman–Crippen LogP) is 2.55. The Bertz CT molecular complexity index is 570. The first kappa shape index (κ1) is 11.6. The highest BCUT2D eigenvalue weighted by Gasteiger charge is 2.15. The lowest BCUT2D eigenvalue weighted by Gasteiger charge is -2.09. The van der Waals surface area contributed by atoms with Crippen LogP contribution in [0.5, 0.6) is 0 Å². The van der Waals surface area contributed by atoms with E-state index in [0.29, 0.717) is 0 Å². The molecule has 0 fully saturated rings. The van der Waals surface area contributed by atoms with E-state index in [1.807, 2.05) is 39.0 Å². The molecular formula is C13H16N2O2. The average Bonchev–Trinajstić information content (AvgIpc) is 2.56. The highest BCUT2D eigenvalue weighted by atomic mass is 16.4. The van der Waals surface area contributed by atoms with E-state index in [0.717, 1.165) is 22.2 Å². The van der Waals surface area contributed by atoms with Gasteiger partial charge in [-0.2, -0.15) is 5.10 Å². The van der Waals surface area contributed by atoms with Gasteiger partial charge in [-0.15, -0.1) is 0 Å². The van der Waals surface area contributed by atoms with Crippen molar-refractivity contribution in [2.24, 2.45) is 0 Å². The first-order valence-electron chi connectivity index (χ1n) is 5.68. The third-order valence-corrected chi connectivity index (χ3v) is 2.76. The van der Waals surface area contributed by atoms with Crippen molar-refractivity contribution in [3.05, 3.63) is 29.5 Å². The molecular weight excluding hydrogens is 216 g/mol. The van der Waals surface area contributed by atoms with Gasteiger partial charge in [-0.05, 0) is 32.9 Å². The molecule has 0 saturated heterocycles. The standard InChI is InChI=1S/C13H16N2O2/c1-8(2)15-12(7-13(16)17)10-6-9(3)4-5-11(10)14-15/h4-6,8H,7H2,1-3H3,(H,16,17). The third-order valence-electron chi connectivity index (χ3n) is 2.76. The second-order valence-electron chi connectivity index (χ2n) is 4.58. The van der Waals surface area contributed by atoms with Gasteiger partial charge in [-0.3, -0.25) is 9.48 Å². The Balaban J connectivity index is 2.68. The topological polar surface area (TPSA) is 55.1 Å². The molecule has 0 aliphatic rings. The molecule has 0 atom stereocenters. The molecule has 0 saturated carbocycles. The normalized spacial score (nSPS) is 11.3. The highest BCUT2D eigenvalue weighted by Crippen LogP contribution is 2.23. The Kier molecular flexibility index (Phi) is 2.88. The fourth-order valence-electron chi connectivity index (χ4n) is 2.01. The van der Waals surface area contributed by atoms with Crippen LogP contribution >= 0.6 is 0 Å². The monoisotopic (exact) mass is 232 g/mol. The minimum Gasteiger partial charge on any atom is -0.481 e. The van der Waals surface area contributed by atoms with E-state index >= 15 is 0 Å². The van der Waals surface area contributed by atoms with Crippen molar-refractivity contribution < 1.29 is 9.90 Å². The van der Waals surface area contributed by atoms with Crippen LogP contribution in [0.2, 0.25) is 0 Å². The largest absolute Gasteiger partial charge is 0.481 e. The number of fused-ring (bicyclic) bond motifs is 1. The van der Waals surface area contributed by atoms with E-state index < -0.39 is 5.97 Å². The number of carboxylic acid groups (broad SMARTS) is 1. The highest BCUT2D eigenvalue weighted by molar-refractivity contribution is 5.86. The van der Waals surface area contributed by atoms with Crippen molar-refractivity contribution in [2.75, 3.05) is 0 Å². The summed E-state index contributed by atoms with van der Waals surface area (Å²) in [5, 5.41) is 14.4. The van der Waals surface area contributed by atoms with Gasteiger partial charge in [0.2, 0.25) is 0 Å². The fourth-order valence-corrected chi connectivity index (χ4v) is 2.01. The van der Waals surface area contributed by atoms with Gasteiger partial charge in [-0.25, -0.2) is 0 Å². The molecule has 0 aliphatic heterocycles. The van der Waals surface area contributed by atoms with Gasteiger partial charge in [0.15, 0.2) is 0 Å². The van der Waals surface area contributed by atoms with Crippen molar-refractivity contribution in [1.82, 2.24) is 9.78 Å². The van der Waals surface area contributed by atoms with E-state index in [2.05, 4.69) is 5.10 Å². The van der Waals surface area contributed by atoms with E-state index in [1.54, 1.807) is 4.68 Å². The van der Waals surface area contributed by atoms with Gasteiger partial charge in [0.1, 0.15) is 0 Å². The van der Waals surface area contributed by atoms with Crippen LogP contribution in [0.4, 0.5) is 0 Å². The van der Waals surface area contributed by atoms with Crippen molar-refractivity contribution >= 4 is 16.9 Å². The van der Waals surface area contributed by atoms with Crippen LogP contribution in [0.15, 0.2) is 18.2 Å². The SMILES string of the molecule is Cc1ccc2nn(C(C)C)c(CC(=O)O)c2c1. The van der Waals surface area contributed by atoms with Crippen LogP contribution in [0.25, 0.3) is 10.9 Å². The van der Waals surface area contributed by atoms with Crippen molar-refractivity contribution in [3.8, 4) is 0 Å². The molecule has 90 valence electrons. The molecule has 0 bridgehead atoms. The number of hydrogen-bond acceptors (Lipinski definition) is 2. The second kappa shape index (κ2) is 4.20. The van der Waals surface area contributed by atoms with Gasteiger partial charge >= 0.3 is 5.97 Å². The van der Waals surface area contributed by atoms with E-state index in [9.17, 15) is 4.79 Å².